The van der Waals surface area contributed by atoms with E-state index in [4.69, 9.17) is 11.6 Å². The summed E-state index contributed by atoms with van der Waals surface area (Å²) in [5.74, 6) is -2.05. The summed E-state index contributed by atoms with van der Waals surface area (Å²) in [6, 6.07) is 14.4. The second-order valence-electron chi connectivity index (χ2n) is 6.30. The van der Waals surface area contributed by atoms with Gasteiger partial charge in [-0.1, -0.05) is 11.6 Å². The maximum atomic E-state index is 13.2. The summed E-state index contributed by atoms with van der Waals surface area (Å²) in [5.41, 5.74) is 5.99. The van der Waals surface area contributed by atoms with Gasteiger partial charge in [0.2, 0.25) is 0 Å². The number of nitrogens with zero attached hydrogens (tertiary/aromatic N) is 2. The molecule has 3 aromatic rings. The molecule has 6 nitrogen and oxygen atoms in total. The first kappa shape index (κ1) is 20.3. The molecule has 0 radical (unpaired) electrons. The van der Waals surface area contributed by atoms with Gasteiger partial charge in [-0.15, -0.1) is 0 Å². The molecule has 0 fully saturated rings. The second kappa shape index (κ2) is 8.70. The van der Waals surface area contributed by atoms with Gasteiger partial charge in [-0.25, -0.2) is 9.82 Å². The summed E-state index contributed by atoms with van der Waals surface area (Å²) in [4.78, 5) is 23.8. The topological polar surface area (TPSA) is 75.5 Å². The zero-order valence-corrected chi connectivity index (χ0v) is 16.5. The molecule has 2 N–H and O–H groups in total. The SMILES string of the molecule is Cc1cc(/C=N\NC(=O)C(=O)Nc2ccc(Cl)cc2)c(C)n1-c1ccc(F)cc1. The number of carbonyl (C=O) groups excluding carboxylic acids is 2. The van der Waals surface area contributed by atoms with Gasteiger partial charge in [0.25, 0.3) is 0 Å². The number of hydrazone groups is 1. The number of anilines is 1. The molecule has 0 saturated heterocycles. The van der Waals surface area contributed by atoms with E-state index in [2.05, 4.69) is 15.8 Å². The summed E-state index contributed by atoms with van der Waals surface area (Å²) in [5, 5.41) is 6.83. The van der Waals surface area contributed by atoms with Crippen molar-refractivity contribution in [3.63, 3.8) is 0 Å². The van der Waals surface area contributed by atoms with E-state index in [1.807, 2.05) is 24.5 Å². The van der Waals surface area contributed by atoms with E-state index in [1.165, 1.54) is 18.3 Å². The van der Waals surface area contributed by atoms with E-state index in [0.717, 1.165) is 22.6 Å². The van der Waals surface area contributed by atoms with Crippen molar-refractivity contribution in [3.05, 3.63) is 82.4 Å². The fourth-order valence-corrected chi connectivity index (χ4v) is 2.96. The molecule has 0 aliphatic rings. The van der Waals surface area contributed by atoms with Crippen LogP contribution in [0.5, 0.6) is 0 Å². The molecule has 0 unspecified atom stereocenters. The van der Waals surface area contributed by atoms with Crippen LogP contribution >= 0.6 is 11.6 Å². The predicted octanol–water partition coefficient (Wildman–Crippen LogP) is 3.98. The summed E-state index contributed by atoms with van der Waals surface area (Å²) >= 11 is 5.78. The third kappa shape index (κ3) is 4.89. The van der Waals surface area contributed by atoms with Gasteiger partial charge in [-0.3, -0.25) is 9.59 Å². The molecule has 8 heteroatoms. The largest absolute Gasteiger partial charge is 0.329 e. The Balaban J connectivity index is 1.66. The Morgan fingerprint density at radius 2 is 1.69 bits per heavy atom. The number of benzene rings is 2. The first-order chi connectivity index (χ1) is 13.8. The van der Waals surface area contributed by atoms with Crippen LogP contribution in [0.2, 0.25) is 5.02 Å². The summed E-state index contributed by atoms with van der Waals surface area (Å²) < 4.78 is 15.1. The quantitative estimate of drug-likeness (QED) is 0.386. The van der Waals surface area contributed by atoms with Gasteiger partial charge in [-0.2, -0.15) is 5.10 Å². The molecule has 1 heterocycles. The lowest BCUT2D eigenvalue weighted by atomic mass is 10.2. The lowest BCUT2D eigenvalue weighted by molar-refractivity contribution is -0.136. The lowest BCUT2D eigenvalue weighted by Crippen LogP contribution is -2.32. The van der Waals surface area contributed by atoms with E-state index in [0.29, 0.717) is 10.7 Å². The first-order valence-electron chi connectivity index (χ1n) is 8.70. The van der Waals surface area contributed by atoms with Crippen LogP contribution < -0.4 is 10.7 Å². The van der Waals surface area contributed by atoms with Gasteiger partial charge in [0.1, 0.15) is 5.82 Å². The fraction of sp³-hybridized carbons (Fsp3) is 0.0952. The number of rotatable bonds is 4. The van der Waals surface area contributed by atoms with Crippen LogP contribution in [0, 0.1) is 19.7 Å². The number of amides is 2. The van der Waals surface area contributed by atoms with Crippen molar-refractivity contribution in [2.45, 2.75) is 13.8 Å². The van der Waals surface area contributed by atoms with Gasteiger partial charge < -0.3 is 9.88 Å². The molecule has 0 aliphatic heterocycles. The second-order valence-corrected chi connectivity index (χ2v) is 6.73. The van der Waals surface area contributed by atoms with E-state index in [1.54, 1.807) is 36.4 Å². The summed E-state index contributed by atoms with van der Waals surface area (Å²) in [6.45, 7) is 3.79. The van der Waals surface area contributed by atoms with Crippen molar-refractivity contribution in [1.29, 1.82) is 0 Å². The number of hydrogen-bond acceptors (Lipinski definition) is 3. The average Bonchev–Trinajstić information content (AvgIpc) is 2.97. The maximum absolute atomic E-state index is 13.2. The van der Waals surface area contributed by atoms with Crippen LogP contribution in [0.3, 0.4) is 0 Å². The molecule has 1 aromatic heterocycles. The van der Waals surface area contributed by atoms with Crippen LogP contribution in [-0.4, -0.2) is 22.6 Å². The van der Waals surface area contributed by atoms with E-state index in [9.17, 15) is 14.0 Å². The number of hydrogen-bond donors (Lipinski definition) is 2. The van der Waals surface area contributed by atoms with Crippen molar-refractivity contribution >= 4 is 35.3 Å². The highest BCUT2D eigenvalue weighted by Crippen LogP contribution is 2.20. The predicted molar refractivity (Wildman–Crippen MR) is 111 cm³/mol. The maximum Gasteiger partial charge on any atom is 0.329 e. The van der Waals surface area contributed by atoms with Gasteiger partial charge in [0, 0.05) is 33.3 Å². The Morgan fingerprint density at radius 1 is 1.03 bits per heavy atom. The van der Waals surface area contributed by atoms with E-state index < -0.39 is 11.8 Å². The number of nitrogens with one attached hydrogen (secondary N) is 2. The molecular weight excluding hydrogens is 395 g/mol. The van der Waals surface area contributed by atoms with Crippen LogP contribution in [0.15, 0.2) is 59.7 Å². The lowest BCUT2D eigenvalue weighted by Gasteiger charge is -2.09. The van der Waals surface area contributed by atoms with E-state index >= 15 is 0 Å². The molecule has 29 heavy (non-hydrogen) atoms. The molecule has 2 amide bonds. The molecule has 148 valence electrons. The van der Waals surface area contributed by atoms with Crippen LogP contribution in [-0.2, 0) is 9.59 Å². The summed E-state index contributed by atoms with van der Waals surface area (Å²) in [7, 11) is 0. The van der Waals surface area contributed by atoms with Crippen LogP contribution in [0.25, 0.3) is 5.69 Å². The normalized spacial score (nSPS) is 10.9. The third-order valence-electron chi connectivity index (χ3n) is 4.23. The smallest absolute Gasteiger partial charge is 0.318 e. The van der Waals surface area contributed by atoms with Crippen molar-refractivity contribution in [2.75, 3.05) is 5.32 Å². The Labute approximate surface area is 172 Å². The molecular formula is C21H18ClFN4O2. The molecule has 2 aromatic carbocycles. The van der Waals surface area contributed by atoms with Crippen molar-refractivity contribution in [2.24, 2.45) is 5.10 Å². The average molecular weight is 413 g/mol. The zero-order valence-electron chi connectivity index (χ0n) is 15.7. The molecule has 0 spiro atoms. The minimum atomic E-state index is -0.899. The monoisotopic (exact) mass is 412 g/mol. The summed E-state index contributed by atoms with van der Waals surface area (Å²) in [6.07, 6.45) is 1.45. The first-order valence-corrected chi connectivity index (χ1v) is 9.08. The van der Waals surface area contributed by atoms with Gasteiger partial charge >= 0.3 is 11.8 Å². The number of carbonyl (C=O) groups is 2. The molecule has 0 atom stereocenters. The highest BCUT2D eigenvalue weighted by Gasteiger charge is 2.13. The zero-order chi connectivity index (χ0) is 21.0. The molecule has 3 rings (SSSR count). The van der Waals surface area contributed by atoms with Gasteiger partial charge in [0.05, 0.1) is 6.21 Å². The van der Waals surface area contributed by atoms with Crippen LogP contribution in [0.4, 0.5) is 10.1 Å². The third-order valence-corrected chi connectivity index (χ3v) is 4.49. The number of aryl methyl sites for hydroxylation is 1. The number of aromatic nitrogens is 1. The van der Waals surface area contributed by atoms with Crippen molar-refractivity contribution < 1.29 is 14.0 Å². The van der Waals surface area contributed by atoms with Crippen molar-refractivity contribution in [3.8, 4) is 5.69 Å². The molecule has 0 bridgehead atoms. The van der Waals surface area contributed by atoms with Gasteiger partial charge in [0.15, 0.2) is 0 Å². The van der Waals surface area contributed by atoms with Gasteiger partial charge in [-0.05, 0) is 68.4 Å². The highest BCUT2D eigenvalue weighted by atomic mass is 35.5. The minimum absolute atomic E-state index is 0.308. The fourth-order valence-electron chi connectivity index (χ4n) is 2.84. The Kier molecular flexibility index (Phi) is 6.09. The van der Waals surface area contributed by atoms with Crippen LogP contribution in [0.1, 0.15) is 17.0 Å². The standard InChI is InChI=1S/C21H18ClFN4O2/c1-13-11-15(14(2)27(13)19-9-5-17(23)6-10-19)12-24-26-21(29)20(28)25-18-7-3-16(22)4-8-18/h3-12H,1-2H3,(H,25,28)(H,26,29)/b24-12-. The molecule has 0 aliphatic carbocycles. The van der Waals surface area contributed by atoms with Crippen molar-refractivity contribution in [1.82, 2.24) is 9.99 Å². The Hall–Kier alpha value is -3.45. The Morgan fingerprint density at radius 3 is 2.34 bits per heavy atom. The Bertz CT molecular complexity index is 1070. The number of halogens is 2. The van der Waals surface area contributed by atoms with E-state index in [-0.39, 0.29) is 5.82 Å². The highest BCUT2D eigenvalue weighted by molar-refractivity contribution is 6.39. The molecule has 0 saturated carbocycles. The minimum Gasteiger partial charge on any atom is -0.318 e.